The van der Waals surface area contributed by atoms with Crippen molar-refractivity contribution in [3.8, 4) is 57.5 Å². The molecule has 0 bridgehead atoms. The number of carboxylic acid groups (broad SMARTS) is 6. The first kappa shape index (κ1) is 121. The molecule has 0 saturated carbocycles. The Bertz CT molecular complexity index is 6210. The highest BCUT2D eigenvalue weighted by molar-refractivity contribution is 7.99. The summed E-state index contributed by atoms with van der Waals surface area (Å²) in [6.07, 6.45) is 0. The first-order chi connectivity index (χ1) is 63.6. The Balaban J connectivity index is 0.000000563. The molecule has 38 nitrogen and oxygen atoms in total. The normalized spacial score (nSPS) is 10.9. The lowest BCUT2D eigenvalue weighted by Gasteiger charge is -2.12. The maximum absolute atomic E-state index is 12.4. The molecule has 10 aromatic carbocycles. The second-order valence-corrected chi connectivity index (χ2v) is 41.9. The van der Waals surface area contributed by atoms with E-state index < -0.39 is 129 Å². The summed E-state index contributed by atoms with van der Waals surface area (Å²) in [6, 6.07) is 53.6. The topological polar surface area (TPSA) is 596 Å². The molecule has 0 fully saturated rings. The SMILES string of the molecule is C.CC(=O)O.COc1ccc(CCl)cc1OS(=O)(=O)c1ccc(C)cc1.COc1ccc(CS(=O)(=O)CC(=O)O)cc1OS(=O)(=O)c1ccc(C)cc1.COc1ccc(CS(=O)(=O)CC(=O)O)cc1OS(=O)(=O)c1ccc(C)cc1.COc1ccc(CSCC(=O)O)cc1OS(=O)(=O)c1ccc(C)cc1.COc1ccc(CSCC(=O)O)cc1OS(=O)(=O)c1ccc(C)cc1.O=C(O)CS.OO. The highest BCUT2D eigenvalue weighted by Crippen LogP contribution is 2.38. The smallest absolute Gasteiger partial charge is 0.339 e. The van der Waals surface area contributed by atoms with Gasteiger partial charge in [-0.3, -0.25) is 39.3 Å². The Morgan fingerprint density at radius 2 is 0.482 bits per heavy atom. The molecule has 748 valence electrons. The third kappa shape index (κ3) is 44.3. The number of rotatable bonds is 38. The Kier molecular flexibility index (Phi) is 51.1. The third-order valence-corrected chi connectivity index (χ3v) is 28.1. The van der Waals surface area contributed by atoms with Crippen LogP contribution in [0.1, 0.15) is 70.0 Å². The van der Waals surface area contributed by atoms with Crippen LogP contribution in [0.15, 0.2) is 237 Å². The van der Waals surface area contributed by atoms with Crippen LogP contribution in [0.25, 0.3) is 0 Å². The maximum atomic E-state index is 12.4. The van der Waals surface area contributed by atoms with Crippen LogP contribution < -0.4 is 44.6 Å². The zero-order valence-corrected chi connectivity index (χ0v) is 83.1. The van der Waals surface area contributed by atoms with E-state index in [9.17, 15) is 82.9 Å². The highest BCUT2D eigenvalue weighted by atomic mass is 35.5. The summed E-state index contributed by atoms with van der Waals surface area (Å²) in [5, 5.41) is 61.7. The molecule has 0 saturated heterocycles. The monoisotopic (exact) mass is 2120 g/mol. The van der Waals surface area contributed by atoms with Crippen LogP contribution >= 0.6 is 47.8 Å². The van der Waals surface area contributed by atoms with Crippen molar-refractivity contribution in [2.24, 2.45) is 0 Å². The van der Waals surface area contributed by atoms with Crippen molar-refractivity contribution in [1.29, 1.82) is 0 Å². The number of thioether (sulfide) groups is 2. The van der Waals surface area contributed by atoms with Gasteiger partial charge in [-0.2, -0.15) is 54.7 Å². The molecular formula is C88H101ClO38S10. The molecule has 0 spiro atoms. The first-order valence-electron chi connectivity index (χ1n) is 38.3. The lowest BCUT2D eigenvalue weighted by molar-refractivity contribution is -0.176. The molecule has 137 heavy (non-hydrogen) atoms. The van der Waals surface area contributed by atoms with Crippen LogP contribution in [0.3, 0.4) is 0 Å². The van der Waals surface area contributed by atoms with Gasteiger partial charge >= 0.3 is 80.4 Å². The Morgan fingerprint density at radius 1 is 0.299 bits per heavy atom. The van der Waals surface area contributed by atoms with Crippen molar-refractivity contribution >= 4 is 154 Å². The fourth-order valence-electron chi connectivity index (χ4n) is 10.2. The number of halogens is 1. The van der Waals surface area contributed by atoms with Crippen molar-refractivity contribution in [2.75, 3.05) is 64.3 Å². The zero-order chi connectivity index (χ0) is 103. The second kappa shape index (κ2) is 57.8. The van der Waals surface area contributed by atoms with E-state index in [1.165, 1.54) is 156 Å². The van der Waals surface area contributed by atoms with Gasteiger partial charge in [0.15, 0.2) is 77.2 Å². The molecule has 10 rings (SSSR count). The van der Waals surface area contributed by atoms with E-state index in [0.29, 0.717) is 17.3 Å². The first-order valence-corrected chi connectivity index (χ1v) is 52.4. The van der Waals surface area contributed by atoms with Gasteiger partial charge < -0.3 is 75.2 Å². The predicted octanol–water partition coefficient (Wildman–Crippen LogP) is 14.0. The lowest BCUT2D eigenvalue weighted by Crippen LogP contribution is -2.17. The van der Waals surface area contributed by atoms with E-state index in [4.69, 9.17) is 102 Å². The summed E-state index contributed by atoms with van der Waals surface area (Å²) >= 11 is 11.6. The molecule has 10 aromatic rings. The van der Waals surface area contributed by atoms with Gasteiger partial charge in [-0.25, -0.2) is 16.8 Å². The molecule has 0 aromatic heterocycles. The largest absolute Gasteiger partial charge is 0.493 e. The van der Waals surface area contributed by atoms with Gasteiger partial charge in [0.1, 0.15) is 36.0 Å². The second-order valence-electron chi connectivity index (χ2n) is 27.5. The van der Waals surface area contributed by atoms with Crippen molar-refractivity contribution in [2.45, 2.75) is 102 Å². The van der Waals surface area contributed by atoms with Crippen LogP contribution in [-0.2, 0) is 128 Å². The summed E-state index contributed by atoms with van der Waals surface area (Å²) < 4.78 is 223. The minimum Gasteiger partial charge on any atom is -0.493 e. The number of alkyl halides is 1. The summed E-state index contributed by atoms with van der Waals surface area (Å²) in [5.41, 5.74) is 7.15. The van der Waals surface area contributed by atoms with E-state index in [1.54, 1.807) is 129 Å². The number of hydrogen-bond acceptors (Lipinski definition) is 35. The van der Waals surface area contributed by atoms with Crippen LogP contribution in [-0.4, -0.2) is 200 Å². The number of benzene rings is 10. The molecule has 49 heteroatoms. The number of thiol groups is 1. The van der Waals surface area contributed by atoms with E-state index in [-0.39, 0.29) is 118 Å². The quantitative estimate of drug-likeness (QED) is 0.00570. The van der Waals surface area contributed by atoms with Gasteiger partial charge in [-0.15, -0.1) is 35.1 Å². The Morgan fingerprint density at radius 3 is 0.657 bits per heavy atom. The number of aryl methyl sites for hydroxylation is 5. The number of ether oxygens (including phenoxy) is 5. The molecule has 0 aliphatic heterocycles. The number of carbonyl (C=O) groups is 6. The van der Waals surface area contributed by atoms with E-state index in [2.05, 4.69) is 12.6 Å². The number of sulfone groups is 2. The van der Waals surface area contributed by atoms with E-state index in [0.717, 1.165) is 51.4 Å². The standard InChI is InChI=1S/2C17H18O8S2.2C17H18O6S2.C15H15ClO4S.C2H4O2S.C2H4O2.CH4.H2O2/c2*1-12-3-6-14(7-4-12)27(22,23)25-16-9-13(5-8-15(16)24-2)10-26(20,21)11-17(18)19;2*1-12-3-6-14(7-4-12)25(20,21)23-16-9-13(5-8-15(16)22-2)10-24-11-17(18)19;1-11-3-6-13(7-4-11)21(17,18)20-15-9-12(10-16)5-8-14(15)19-2;3-2(4)1-5;1-2(3)4;;1-2/h2*3-9H,10-11H2,1-2H3,(H,18,19);2*3-9H,10-11H2,1-2H3,(H,18,19);3-9H,10H2,1-2H3;5H,1H2,(H,3,4);1H3,(H,3,4);1H4;1-2H. The van der Waals surface area contributed by atoms with Crippen molar-refractivity contribution in [1.82, 2.24) is 0 Å². The Hall–Kier alpha value is -12.1. The highest BCUT2D eigenvalue weighted by Gasteiger charge is 2.28. The van der Waals surface area contributed by atoms with Crippen molar-refractivity contribution in [3.05, 3.63) is 268 Å². The fraction of sp³-hybridized carbons (Fsp3) is 0.250. The van der Waals surface area contributed by atoms with E-state index >= 15 is 0 Å². The minimum atomic E-state index is -4.17. The molecule has 0 heterocycles. The number of hydrogen-bond donors (Lipinski definition) is 9. The third-order valence-electron chi connectivity index (χ3n) is 16.4. The van der Waals surface area contributed by atoms with Crippen LogP contribution in [0.2, 0.25) is 0 Å². The minimum absolute atomic E-state index is 0. The average molecular weight is 2120 g/mol. The number of aliphatic carboxylic acids is 6. The van der Waals surface area contributed by atoms with Crippen molar-refractivity contribution in [3.63, 3.8) is 0 Å². The lowest BCUT2D eigenvalue weighted by atomic mass is 10.2. The van der Waals surface area contributed by atoms with Crippen molar-refractivity contribution < 1.29 is 173 Å². The van der Waals surface area contributed by atoms with Crippen LogP contribution in [0.5, 0.6) is 57.5 Å². The summed E-state index contributed by atoms with van der Waals surface area (Å²) in [5.74, 6) is -7.83. The van der Waals surface area contributed by atoms with E-state index in [1.807, 2.05) is 20.8 Å². The molecule has 8 N–H and O–H groups in total. The molecule has 0 aliphatic carbocycles. The summed E-state index contributed by atoms with van der Waals surface area (Å²) in [6.45, 7) is 10.3. The van der Waals surface area contributed by atoms with Gasteiger partial charge in [-0.05, 0) is 184 Å². The van der Waals surface area contributed by atoms with Gasteiger partial charge in [0.25, 0.3) is 5.97 Å². The van der Waals surface area contributed by atoms with Gasteiger partial charge in [0, 0.05) is 24.3 Å². The zero-order valence-electron chi connectivity index (χ0n) is 74.1. The Labute approximate surface area is 813 Å². The van der Waals surface area contributed by atoms with Crippen LogP contribution in [0.4, 0.5) is 0 Å². The predicted molar refractivity (Wildman–Crippen MR) is 514 cm³/mol. The number of methoxy groups -OCH3 is 5. The summed E-state index contributed by atoms with van der Waals surface area (Å²) in [7, 11) is -21.2. The molecular weight excluding hydrogens is 2020 g/mol. The van der Waals surface area contributed by atoms with Gasteiger partial charge in [0.2, 0.25) is 0 Å². The molecule has 0 unspecified atom stereocenters. The molecule has 0 amide bonds. The maximum Gasteiger partial charge on any atom is 0.339 e. The summed E-state index contributed by atoms with van der Waals surface area (Å²) in [4.78, 5) is 60.8. The molecule has 0 radical (unpaired) electrons. The average Bonchev–Trinajstić information content (AvgIpc) is 0.821. The fourth-order valence-corrected chi connectivity index (χ4v) is 18.8. The molecule has 0 aliphatic rings. The number of carboxylic acids is 6. The van der Waals surface area contributed by atoms with Gasteiger partial charge in [-0.1, -0.05) is 126 Å². The molecule has 0 atom stereocenters. The van der Waals surface area contributed by atoms with Gasteiger partial charge in [0.05, 0.1) is 64.3 Å². The van der Waals surface area contributed by atoms with Crippen LogP contribution in [0, 0.1) is 34.6 Å².